The highest BCUT2D eigenvalue weighted by atomic mass is 35.5. The number of oxazole rings is 1. The van der Waals surface area contributed by atoms with E-state index in [1.165, 1.54) is 22.8 Å². The molecule has 0 radical (unpaired) electrons. The van der Waals surface area contributed by atoms with Crippen LogP contribution in [0.5, 0.6) is 0 Å². The summed E-state index contributed by atoms with van der Waals surface area (Å²) in [5.74, 6) is -0.836. The maximum atomic E-state index is 12.3. The fraction of sp³-hybridized carbons (Fsp3) is 0.263. The van der Waals surface area contributed by atoms with Gasteiger partial charge in [0.15, 0.2) is 5.58 Å². The van der Waals surface area contributed by atoms with Gasteiger partial charge >= 0.3 is 5.76 Å². The van der Waals surface area contributed by atoms with Crippen molar-refractivity contribution < 1.29 is 14.1 Å². The first kappa shape index (κ1) is 20.4. The third-order valence-corrected chi connectivity index (χ3v) is 4.60. The fourth-order valence-corrected chi connectivity index (χ4v) is 3.16. The van der Waals surface area contributed by atoms with Crippen molar-refractivity contribution in [2.75, 3.05) is 24.3 Å². The second kappa shape index (κ2) is 8.36. The Morgan fingerprint density at radius 3 is 2.72 bits per heavy atom. The summed E-state index contributed by atoms with van der Waals surface area (Å²) in [4.78, 5) is 36.5. The van der Waals surface area contributed by atoms with E-state index in [0.717, 1.165) is 5.69 Å². The average Bonchev–Trinajstić information content (AvgIpc) is 2.96. The van der Waals surface area contributed by atoms with E-state index in [1.807, 2.05) is 25.1 Å². The van der Waals surface area contributed by atoms with E-state index in [1.54, 1.807) is 12.1 Å². The van der Waals surface area contributed by atoms with Crippen LogP contribution in [0.1, 0.15) is 12.8 Å². The summed E-state index contributed by atoms with van der Waals surface area (Å²) >= 11 is 6.02. The predicted molar refractivity (Wildman–Crippen MR) is 111 cm³/mol. The Morgan fingerprint density at radius 2 is 2.03 bits per heavy atom. The Morgan fingerprint density at radius 1 is 1.28 bits per heavy atom. The molecule has 0 aliphatic carbocycles. The van der Waals surface area contributed by atoms with Gasteiger partial charge in [-0.2, -0.15) is 0 Å². The molecule has 0 atom stereocenters. The molecule has 0 aliphatic heterocycles. The molecule has 1 amide bonds. The first-order valence-electron chi connectivity index (χ1n) is 8.81. The molecule has 0 unspecified atom stereocenters. The summed E-state index contributed by atoms with van der Waals surface area (Å²) in [5.41, 5.74) is 1.86. The highest BCUT2D eigenvalue weighted by molar-refractivity contribution is 6.31. The van der Waals surface area contributed by atoms with Gasteiger partial charge in [-0.05, 0) is 30.7 Å². The number of nitro benzene ring substituents is 1. The van der Waals surface area contributed by atoms with Crippen molar-refractivity contribution in [2.24, 2.45) is 0 Å². The maximum Gasteiger partial charge on any atom is 0.419 e. The number of nitrogens with zero attached hydrogens (tertiary/aromatic N) is 3. The van der Waals surface area contributed by atoms with Gasteiger partial charge in [-0.1, -0.05) is 11.6 Å². The van der Waals surface area contributed by atoms with Gasteiger partial charge in [0.1, 0.15) is 0 Å². The minimum atomic E-state index is -0.620. The minimum Gasteiger partial charge on any atom is -0.407 e. The Kier molecular flexibility index (Phi) is 5.88. The van der Waals surface area contributed by atoms with Gasteiger partial charge in [0.05, 0.1) is 27.9 Å². The first-order chi connectivity index (χ1) is 13.8. The molecule has 0 spiro atoms. The number of non-ortho nitro benzene ring substituents is 1. The Balaban J connectivity index is 1.67. The van der Waals surface area contributed by atoms with Crippen LogP contribution in [-0.2, 0) is 11.3 Å². The van der Waals surface area contributed by atoms with Gasteiger partial charge in [-0.25, -0.2) is 4.79 Å². The van der Waals surface area contributed by atoms with Crippen molar-refractivity contribution in [3.05, 3.63) is 62.1 Å². The summed E-state index contributed by atoms with van der Waals surface area (Å²) in [6, 6.07) is 9.22. The second-order valence-corrected chi connectivity index (χ2v) is 7.07. The SMILES string of the molecule is CN(C)c1ccc(Cl)cc1NC(=O)CCCn1c(=O)oc2cc([N+](=O)[O-])ccc21. The summed E-state index contributed by atoms with van der Waals surface area (Å²) in [6.45, 7) is 0.243. The topological polar surface area (TPSA) is 111 Å². The lowest BCUT2D eigenvalue weighted by Crippen LogP contribution is -2.18. The van der Waals surface area contributed by atoms with E-state index in [-0.39, 0.29) is 30.1 Å². The van der Waals surface area contributed by atoms with Gasteiger partial charge in [0.2, 0.25) is 5.91 Å². The smallest absolute Gasteiger partial charge is 0.407 e. The quantitative estimate of drug-likeness (QED) is 0.463. The molecule has 0 saturated carbocycles. The van der Waals surface area contributed by atoms with Gasteiger partial charge in [-0.15, -0.1) is 0 Å². The number of carbonyl (C=O) groups excluding carboxylic acids is 1. The zero-order chi connectivity index (χ0) is 21.1. The van der Waals surface area contributed by atoms with Crippen LogP contribution < -0.4 is 16.0 Å². The summed E-state index contributed by atoms with van der Waals surface area (Å²) in [7, 11) is 3.72. The average molecular weight is 419 g/mol. The number of aromatic nitrogens is 1. The van der Waals surface area contributed by atoms with Crippen LogP contribution in [0.4, 0.5) is 17.1 Å². The van der Waals surface area contributed by atoms with Gasteiger partial charge in [0.25, 0.3) is 5.69 Å². The zero-order valence-electron chi connectivity index (χ0n) is 15.8. The molecule has 10 heteroatoms. The van der Waals surface area contributed by atoms with E-state index < -0.39 is 10.7 Å². The maximum absolute atomic E-state index is 12.3. The second-order valence-electron chi connectivity index (χ2n) is 6.64. The number of hydrogen-bond donors (Lipinski definition) is 1. The molecule has 0 saturated heterocycles. The van der Waals surface area contributed by atoms with E-state index >= 15 is 0 Å². The number of nitro groups is 1. The van der Waals surface area contributed by atoms with Crippen molar-refractivity contribution in [2.45, 2.75) is 19.4 Å². The number of fused-ring (bicyclic) bond motifs is 1. The van der Waals surface area contributed by atoms with Crippen molar-refractivity contribution in [1.82, 2.24) is 4.57 Å². The molecule has 1 N–H and O–H groups in total. The van der Waals surface area contributed by atoms with Crippen LogP contribution in [0, 0.1) is 10.1 Å². The highest BCUT2D eigenvalue weighted by Gasteiger charge is 2.15. The van der Waals surface area contributed by atoms with Crippen LogP contribution in [-0.4, -0.2) is 29.5 Å². The molecule has 2 aromatic carbocycles. The monoisotopic (exact) mass is 418 g/mol. The standard InChI is InChI=1S/C19H19ClN4O5/c1-22(2)15-7-5-12(20)10-14(15)21-18(25)4-3-9-23-16-8-6-13(24(27)28)11-17(16)29-19(23)26/h5-8,10-11H,3-4,9H2,1-2H3,(H,21,25). The molecule has 1 aromatic heterocycles. The lowest BCUT2D eigenvalue weighted by atomic mass is 10.2. The van der Waals surface area contributed by atoms with E-state index in [4.69, 9.17) is 16.0 Å². The molecule has 152 valence electrons. The van der Waals surface area contributed by atoms with Crippen molar-refractivity contribution in [3.63, 3.8) is 0 Å². The van der Waals surface area contributed by atoms with Gasteiger partial charge in [-0.3, -0.25) is 19.5 Å². The fourth-order valence-electron chi connectivity index (χ4n) is 2.99. The van der Waals surface area contributed by atoms with Crippen LogP contribution in [0.25, 0.3) is 11.1 Å². The minimum absolute atomic E-state index is 0.142. The van der Waals surface area contributed by atoms with Crippen LogP contribution in [0.2, 0.25) is 5.02 Å². The number of hydrogen-bond acceptors (Lipinski definition) is 6. The third-order valence-electron chi connectivity index (χ3n) is 4.36. The van der Waals surface area contributed by atoms with Crippen LogP contribution >= 0.6 is 11.6 Å². The highest BCUT2D eigenvalue weighted by Crippen LogP contribution is 2.28. The van der Waals surface area contributed by atoms with E-state index in [2.05, 4.69) is 5.32 Å². The largest absolute Gasteiger partial charge is 0.419 e. The molecular formula is C19H19ClN4O5. The molecule has 3 aromatic rings. The number of carbonyl (C=O) groups is 1. The predicted octanol–water partition coefficient (Wildman–Crippen LogP) is 3.64. The summed E-state index contributed by atoms with van der Waals surface area (Å²) in [6.07, 6.45) is 0.556. The third kappa shape index (κ3) is 4.57. The number of halogens is 1. The number of aryl methyl sites for hydroxylation is 1. The Labute approximate surface area is 170 Å². The number of nitrogens with one attached hydrogen (secondary N) is 1. The molecule has 3 rings (SSSR count). The lowest BCUT2D eigenvalue weighted by molar-refractivity contribution is -0.384. The summed E-state index contributed by atoms with van der Waals surface area (Å²) in [5, 5.41) is 14.2. The van der Waals surface area contributed by atoms with Crippen molar-refractivity contribution in [1.29, 1.82) is 0 Å². The molecule has 0 bridgehead atoms. The molecular weight excluding hydrogens is 400 g/mol. The molecule has 9 nitrogen and oxygen atoms in total. The molecule has 1 heterocycles. The molecule has 0 aliphatic rings. The van der Waals surface area contributed by atoms with Crippen molar-refractivity contribution in [3.8, 4) is 0 Å². The number of amides is 1. The normalized spacial score (nSPS) is 10.9. The van der Waals surface area contributed by atoms with E-state index in [9.17, 15) is 19.7 Å². The summed E-state index contributed by atoms with van der Waals surface area (Å²) < 4.78 is 6.44. The van der Waals surface area contributed by atoms with E-state index in [0.29, 0.717) is 22.6 Å². The van der Waals surface area contributed by atoms with Crippen molar-refractivity contribution >= 4 is 45.7 Å². The zero-order valence-corrected chi connectivity index (χ0v) is 16.6. The molecule has 0 fully saturated rings. The first-order valence-corrected chi connectivity index (χ1v) is 9.18. The van der Waals surface area contributed by atoms with Gasteiger partial charge < -0.3 is 14.6 Å². The Hall–Kier alpha value is -3.33. The van der Waals surface area contributed by atoms with Crippen LogP contribution in [0.3, 0.4) is 0 Å². The number of benzene rings is 2. The van der Waals surface area contributed by atoms with Gasteiger partial charge in [0, 0.05) is 38.1 Å². The number of rotatable bonds is 7. The Bertz CT molecular complexity index is 1140. The lowest BCUT2D eigenvalue weighted by Gasteiger charge is -2.18. The van der Waals surface area contributed by atoms with Crippen LogP contribution in [0.15, 0.2) is 45.6 Å². The number of anilines is 2. The molecule has 29 heavy (non-hydrogen) atoms.